The zero-order chi connectivity index (χ0) is 13.3. The summed E-state index contributed by atoms with van der Waals surface area (Å²) in [6.45, 7) is 6.34. The molecule has 0 spiro atoms. The second-order valence-corrected chi connectivity index (χ2v) is 5.65. The molecule has 0 amide bonds. The lowest BCUT2D eigenvalue weighted by Crippen LogP contribution is -2.32. The molecule has 0 aromatic carbocycles. The highest BCUT2D eigenvalue weighted by molar-refractivity contribution is 6.31. The van der Waals surface area contributed by atoms with E-state index in [1.165, 1.54) is 0 Å². The molecular formula is C13H22ClN3O. The molecule has 1 aromatic heterocycles. The molecular weight excluding hydrogens is 250 g/mol. The van der Waals surface area contributed by atoms with Crippen molar-refractivity contribution in [1.29, 1.82) is 0 Å². The van der Waals surface area contributed by atoms with Gasteiger partial charge in [0.05, 0.1) is 35.2 Å². The zero-order valence-electron chi connectivity index (χ0n) is 11.5. The van der Waals surface area contributed by atoms with Crippen molar-refractivity contribution < 1.29 is 4.74 Å². The summed E-state index contributed by atoms with van der Waals surface area (Å²) in [5.41, 5.74) is 1.04. The molecule has 1 saturated heterocycles. The van der Waals surface area contributed by atoms with E-state index in [-0.39, 0.29) is 12.1 Å². The number of rotatable bonds is 4. The number of nitrogens with one attached hydrogen (secondary N) is 1. The lowest BCUT2D eigenvalue weighted by atomic mass is 10.0. The summed E-state index contributed by atoms with van der Waals surface area (Å²) < 4.78 is 7.95. The van der Waals surface area contributed by atoms with Crippen LogP contribution in [0.15, 0.2) is 6.20 Å². The molecule has 1 N–H and O–H groups in total. The summed E-state index contributed by atoms with van der Waals surface area (Å²) in [5.74, 6) is 0. The van der Waals surface area contributed by atoms with E-state index in [1.807, 2.05) is 11.7 Å². The molecule has 3 atom stereocenters. The average molecular weight is 272 g/mol. The SMILES string of the molecule is CNC(c1c(Cl)cnn1C(C)C)C1CCC(C)O1. The van der Waals surface area contributed by atoms with Gasteiger partial charge in [0.15, 0.2) is 0 Å². The van der Waals surface area contributed by atoms with Crippen molar-refractivity contribution in [3.05, 3.63) is 16.9 Å². The molecule has 2 rings (SSSR count). The minimum atomic E-state index is 0.104. The monoisotopic (exact) mass is 271 g/mol. The van der Waals surface area contributed by atoms with Crippen LogP contribution >= 0.6 is 11.6 Å². The minimum Gasteiger partial charge on any atom is -0.373 e. The maximum atomic E-state index is 6.30. The first-order valence-corrected chi connectivity index (χ1v) is 6.98. The Kier molecular flexibility index (Phi) is 4.30. The third-order valence-corrected chi connectivity index (χ3v) is 3.81. The van der Waals surface area contributed by atoms with Crippen LogP contribution < -0.4 is 5.32 Å². The van der Waals surface area contributed by atoms with Gasteiger partial charge in [-0.05, 0) is 40.7 Å². The summed E-state index contributed by atoms with van der Waals surface area (Å²) in [4.78, 5) is 0. The van der Waals surface area contributed by atoms with Crippen molar-refractivity contribution in [3.8, 4) is 0 Å². The molecule has 1 aliphatic heterocycles. The van der Waals surface area contributed by atoms with Gasteiger partial charge >= 0.3 is 0 Å². The van der Waals surface area contributed by atoms with E-state index in [0.29, 0.717) is 17.2 Å². The van der Waals surface area contributed by atoms with Crippen LogP contribution in [-0.2, 0) is 4.74 Å². The molecule has 0 radical (unpaired) electrons. The number of likely N-dealkylation sites (N-methyl/N-ethyl adjacent to an activating group) is 1. The minimum absolute atomic E-state index is 0.104. The van der Waals surface area contributed by atoms with E-state index in [4.69, 9.17) is 16.3 Å². The number of hydrogen-bond donors (Lipinski definition) is 1. The van der Waals surface area contributed by atoms with E-state index in [2.05, 4.69) is 31.2 Å². The lowest BCUT2D eigenvalue weighted by Gasteiger charge is -2.25. The standard InChI is InChI=1S/C13H22ClN3O/c1-8(2)17-13(10(14)7-16-17)12(15-4)11-6-5-9(3)18-11/h7-9,11-12,15H,5-6H2,1-4H3. The molecule has 0 aliphatic carbocycles. The van der Waals surface area contributed by atoms with Crippen LogP contribution in [-0.4, -0.2) is 29.0 Å². The summed E-state index contributed by atoms with van der Waals surface area (Å²) in [6.07, 6.45) is 4.40. The van der Waals surface area contributed by atoms with Crippen molar-refractivity contribution in [2.75, 3.05) is 7.05 Å². The smallest absolute Gasteiger partial charge is 0.0835 e. The highest BCUT2D eigenvalue weighted by Crippen LogP contribution is 2.34. The topological polar surface area (TPSA) is 39.1 Å². The van der Waals surface area contributed by atoms with Gasteiger partial charge in [-0.3, -0.25) is 4.68 Å². The van der Waals surface area contributed by atoms with E-state index in [0.717, 1.165) is 18.5 Å². The third-order valence-electron chi connectivity index (χ3n) is 3.52. The molecule has 3 unspecified atom stereocenters. The fraction of sp³-hybridized carbons (Fsp3) is 0.769. The first-order valence-electron chi connectivity index (χ1n) is 6.60. The molecule has 1 fully saturated rings. The van der Waals surface area contributed by atoms with Gasteiger partial charge in [-0.15, -0.1) is 0 Å². The molecule has 5 heteroatoms. The molecule has 0 saturated carbocycles. The van der Waals surface area contributed by atoms with Crippen molar-refractivity contribution in [3.63, 3.8) is 0 Å². The summed E-state index contributed by atoms with van der Waals surface area (Å²) in [6, 6.07) is 0.398. The van der Waals surface area contributed by atoms with Crippen LogP contribution in [0.2, 0.25) is 5.02 Å². The Morgan fingerprint density at radius 1 is 1.50 bits per heavy atom. The Hall–Kier alpha value is -0.580. The number of halogens is 1. The van der Waals surface area contributed by atoms with Gasteiger partial charge in [-0.25, -0.2) is 0 Å². The molecule has 1 aliphatic rings. The van der Waals surface area contributed by atoms with Gasteiger partial charge in [0.25, 0.3) is 0 Å². The first-order chi connectivity index (χ1) is 8.54. The van der Waals surface area contributed by atoms with Gasteiger partial charge in [0.1, 0.15) is 0 Å². The second-order valence-electron chi connectivity index (χ2n) is 5.24. The van der Waals surface area contributed by atoms with Crippen molar-refractivity contribution >= 4 is 11.6 Å². The Morgan fingerprint density at radius 3 is 2.72 bits per heavy atom. The van der Waals surface area contributed by atoms with Crippen LogP contribution in [0.3, 0.4) is 0 Å². The van der Waals surface area contributed by atoms with Crippen LogP contribution in [0.1, 0.15) is 51.4 Å². The maximum absolute atomic E-state index is 6.30. The summed E-state index contributed by atoms with van der Waals surface area (Å²) in [7, 11) is 1.95. The third kappa shape index (κ3) is 2.56. The number of aromatic nitrogens is 2. The van der Waals surface area contributed by atoms with Crippen LogP contribution in [0, 0.1) is 0 Å². The van der Waals surface area contributed by atoms with Gasteiger partial charge in [-0.1, -0.05) is 11.6 Å². The van der Waals surface area contributed by atoms with E-state index < -0.39 is 0 Å². The van der Waals surface area contributed by atoms with Crippen LogP contribution in [0.25, 0.3) is 0 Å². The van der Waals surface area contributed by atoms with E-state index >= 15 is 0 Å². The Labute approximate surface area is 114 Å². The Morgan fingerprint density at radius 2 is 2.22 bits per heavy atom. The highest BCUT2D eigenvalue weighted by Gasteiger charge is 2.33. The average Bonchev–Trinajstić information content (AvgIpc) is 2.88. The fourth-order valence-electron chi connectivity index (χ4n) is 2.63. The molecule has 4 nitrogen and oxygen atoms in total. The van der Waals surface area contributed by atoms with Crippen LogP contribution in [0.5, 0.6) is 0 Å². The van der Waals surface area contributed by atoms with E-state index in [9.17, 15) is 0 Å². The first kappa shape index (κ1) is 13.8. The van der Waals surface area contributed by atoms with Gasteiger partial charge in [0, 0.05) is 6.04 Å². The highest BCUT2D eigenvalue weighted by atomic mass is 35.5. The van der Waals surface area contributed by atoms with Gasteiger partial charge in [0.2, 0.25) is 0 Å². The molecule has 0 bridgehead atoms. The normalized spacial score (nSPS) is 25.9. The Bertz CT molecular complexity index is 405. The predicted octanol–water partition coefficient (Wildman–Crippen LogP) is 2.95. The quantitative estimate of drug-likeness (QED) is 0.915. The summed E-state index contributed by atoms with van der Waals surface area (Å²) in [5, 5.41) is 8.41. The van der Waals surface area contributed by atoms with Crippen molar-refractivity contribution in [1.82, 2.24) is 15.1 Å². The van der Waals surface area contributed by atoms with Crippen LogP contribution in [0.4, 0.5) is 0 Å². The van der Waals surface area contributed by atoms with Gasteiger partial charge < -0.3 is 10.1 Å². The number of hydrogen-bond acceptors (Lipinski definition) is 3. The molecule has 18 heavy (non-hydrogen) atoms. The fourth-order valence-corrected chi connectivity index (χ4v) is 2.88. The molecule has 102 valence electrons. The van der Waals surface area contributed by atoms with E-state index in [1.54, 1.807) is 6.20 Å². The predicted molar refractivity (Wildman–Crippen MR) is 73.0 cm³/mol. The van der Waals surface area contributed by atoms with Crippen molar-refractivity contribution in [2.24, 2.45) is 0 Å². The number of ether oxygens (including phenoxy) is 1. The Balaban J connectivity index is 2.29. The molecule has 2 heterocycles. The zero-order valence-corrected chi connectivity index (χ0v) is 12.2. The van der Waals surface area contributed by atoms with Gasteiger partial charge in [-0.2, -0.15) is 5.10 Å². The second kappa shape index (κ2) is 5.59. The maximum Gasteiger partial charge on any atom is 0.0835 e. The largest absolute Gasteiger partial charge is 0.373 e. The molecule has 1 aromatic rings. The summed E-state index contributed by atoms with van der Waals surface area (Å²) >= 11 is 6.30. The van der Waals surface area contributed by atoms with Crippen molar-refractivity contribution in [2.45, 2.75) is 57.9 Å². The lowest BCUT2D eigenvalue weighted by molar-refractivity contribution is 0.0312. The number of nitrogens with zero attached hydrogens (tertiary/aromatic N) is 2.